The summed E-state index contributed by atoms with van der Waals surface area (Å²) in [5.74, 6) is 0. The lowest BCUT2D eigenvalue weighted by Crippen LogP contribution is -1.79. The third kappa shape index (κ3) is 1.22. The Morgan fingerprint density at radius 2 is 2.42 bits per heavy atom. The first kappa shape index (κ1) is 7.41. The quantitative estimate of drug-likeness (QED) is 0.691. The SMILES string of the molecule is CCCc1cc2cc[c]cc2[nH]1. The van der Waals surface area contributed by atoms with Crippen molar-refractivity contribution in [3.63, 3.8) is 0 Å². The van der Waals surface area contributed by atoms with Gasteiger partial charge in [-0.2, -0.15) is 0 Å². The van der Waals surface area contributed by atoms with Crippen molar-refractivity contribution in [3.05, 3.63) is 36.0 Å². The van der Waals surface area contributed by atoms with Gasteiger partial charge >= 0.3 is 0 Å². The highest BCUT2D eigenvalue weighted by Gasteiger charge is 1.97. The van der Waals surface area contributed by atoms with E-state index >= 15 is 0 Å². The van der Waals surface area contributed by atoms with Gasteiger partial charge in [-0.15, -0.1) is 0 Å². The predicted octanol–water partition coefficient (Wildman–Crippen LogP) is 2.92. The number of hydrogen-bond donors (Lipinski definition) is 1. The van der Waals surface area contributed by atoms with E-state index in [4.69, 9.17) is 0 Å². The molecule has 1 radical (unpaired) electrons. The number of H-pyrrole nitrogens is 1. The molecule has 1 aromatic carbocycles. The molecule has 0 unspecified atom stereocenters. The number of aryl methyl sites for hydroxylation is 1. The van der Waals surface area contributed by atoms with E-state index in [0.717, 1.165) is 6.42 Å². The summed E-state index contributed by atoms with van der Waals surface area (Å²) in [6.07, 6.45) is 2.32. The van der Waals surface area contributed by atoms with Crippen LogP contribution in [0.4, 0.5) is 0 Å². The molecule has 1 nitrogen and oxygen atoms in total. The molecule has 2 rings (SSSR count). The van der Waals surface area contributed by atoms with Crippen LogP contribution in [0.3, 0.4) is 0 Å². The van der Waals surface area contributed by atoms with Crippen molar-refractivity contribution in [2.75, 3.05) is 0 Å². The Bertz CT molecular complexity index is 340. The van der Waals surface area contributed by atoms with Crippen molar-refractivity contribution < 1.29 is 0 Å². The summed E-state index contributed by atoms with van der Waals surface area (Å²) in [5.41, 5.74) is 2.52. The van der Waals surface area contributed by atoms with Crippen LogP contribution in [-0.4, -0.2) is 4.98 Å². The Balaban J connectivity index is 2.47. The van der Waals surface area contributed by atoms with E-state index in [0.29, 0.717) is 0 Å². The van der Waals surface area contributed by atoms with E-state index in [-0.39, 0.29) is 0 Å². The standard InChI is InChI=1S/C11H12N/c1-2-5-10-8-9-6-3-4-7-11(9)12-10/h3,6-8,12H,2,5H2,1H3. The summed E-state index contributed by atoms with van der Waals surface area (Å²) in [6.45, 7) is 2.19. The Labute approximate surface area is 72.4 Å². The first-order valence-electron chi connectivity index (χ1n) is 4.38. The number of hydrogen-bond acceptors (Lipinski definition) is 0. The van der Waals surface area contributed by atoms with Gasteiger partial charge in [0.15, 0.2) is 0 Å². The summed E-state index contributed by atoms with van der Waals surface area (Å²) < 4.78 is 0. The maximum Gasteiger partial charge on any atom is 0.0462 e. The highest BCUT2D eigenvalue weighted by Crippen LogP contribution is 2.14. The van der Waals surface area contributed by atoms with E-state index in [1.54, 1.807) is 0 Å². The van der Waals surface area contributed by atoms with Gasteiger partial charge in [0.2, 0.25) is 0 Å². The smallest absolute Gasteiger partial charge is 0.0462 e. The fourth-order valence-corrected chi connectivity index (χ4v) is 1.48. The first-order valence-corrected chi connectivity index (χ1v) is 4.38. The molecular weight excluding hydrogens is 146 g/mol. The van der Waals surface area contributed by atoms with Crippen molar-refractivity contribution in [1.29, 1.82) is 0 Å². The molecule has 0 saturated carbocycles. The van der Waals surface area contributed by atoms with Gasteiger partial charge in [0, 0.05) is 11.2 Å². The summed E-state index contributed by atoms with van der Waals surface area (Å²) >= 11 is 0. The van der Waals surface area contributed by atoms with Crippen molar-refractivity contribution in [2.24, 2.45) is 0 Å². The van der Waals surface area contributed by atoms with Gasteiger partial charge < -0.3 is 4.98 Å². The molecule has 12 heavy (non-hydrogen) atoms. The zero-order valence-corrected chi connectivity index (χ0v) is 7.22. The van der Waals surface area contributed by atoms with Crippen molar-refractivity contribution >= 4 is 10.9 Å². The van der Waals surface area contributed by atoms with E-state index in [9.17, 15) is 0 Å². The van der Waals surface area contributed by atoms with Crippen LogP contribution in [0.15, 0.2) is 24.3 Å². The molecule has 61 valence electrons. The number of fused-ring (bicyclic) bond motifs is 1. The van der Waals surface area contributed by atoms with Crippen LogP contribution in [0.5, 0.6) is 0 Å². The van der Waals surface area contributed by atoms with E-state index < -0.39 is 0 Å². The molecular formula is C11H12N. The highest BCUT2D eigenvalue weighted by atomic mass is 14.7. The number of aromatic nitrogens is 1. The number of aromatic amines is 1. The van der Waals surface area contributed by atoms with Gasteiger partial charge in [0.1, 0.15) is 0 Å². The van der Waals surface area contributed by atoms with Gasteiger partial charge in [-0.05, 0) is 30.0 Å². The predicted molar refractivity (Wildman–Crippen MR) is 51.1 cm³/mol. The highest BCUT2D eigenvalue weighted by molar-refractivity contribution is 5.79. The minimum absolute atomic E-state index is 1.13. The lowest BCUT2D eigenvalue weighted by molar-refractivity contribution is 0.896. The molecule has 0 atom stereocenters. The van der Waals surface area contributed by atoms with Crippen LogP contribution in [-0.2, 0) is 6.42 Å². The van der Waals surface area contributed by atoms with Gasteiger partial charge in [-0.3, -0.25) is 0 Å². The molecule has 0 fully saturated rings. The minimum atomic E-state index is 1.13. The fourth-order valence-electron chi connectivity index (χ4n) is 1.48. The maximum absolute atomic E-state index is 3.37. The molecule has 1 N–H and O–H groups in total. The van der Waals surface area contributed by atoms with Crippen LogP contribution >= 0.6 is 0 Å². The van der Waals surface area contributed by atoms with Gasteiger partial charge in [0.25, 0.3) is 0 Å². The second-order valence-electron chi connectivity index (χ2n) is 3.06. The Morgan fingerprint density at radius 3 is 3.17 bits per heavy atom. The van der Waals surface area contributed by atoms with E-state index in [1.165, 1.54) is 23.0 Å². The molecule has 2 aromatic rings. The lowest BCUT2D eigenvalue weighted by atomic mass is 10.2. The van der Waals surface area contributed by atoms with Crippen molar-refractivity contribution in [1.82, 2.24) is 4.98 Å². The normalized spacial score (nSPS) is 10.8. The third-order valence-electron chi connectivity index (χ3n) is 2.04. The van der Waals surface area contributed by atoms with Gasteiger partial charge in [0.05, 0.1) is 0 Å². The van der Waals surface area contributed by atoms with Crippen LogP contribution in [0, 0.1) is 6.07 Å². The van der Waals surface area contributed by atoms with Crippen LogP contribution in [0.1, 0.15) is 19.0 Å². The average Bonchev–Trinajstić information content (AvgIpc) is 2.47. The topological polar surface area (TPSA) is 15.8 Å². The molecule has 0 aliphatic carbocycles. The molecule has 0 aliphatic rings. The first-order chi connectivity index (χ1) is 5.90. The van der Waals surface area contributed by atoms with Crippen molar-refractivity contribution in [3.8, 4) is 0 Å². The minimum Gasteiger partial charge on any atom is -0.358 e. The Morgan fingerprint density at radius 1 is 1.50 bits per heavy atom. The largest absolute Gasteiger partial charge is 0.358 e. The summed E-state index contributed by atoms with van der Waals surface area (Å²) in [5, 5.41) is 1.29. The monoisotopic (exact) mass is 158 g/mol. The van der Waals surface area contributed by atoms with Crippen LogP contribution in [0.2, 0.25) is 0 Å². The summed E-state index contributed by atoms with van der Waals surface area (Å²) in [6, 6.07) is 11.3. The zero-order chi connectivity index (χ0) is 8.39. The molecule has 0 aliphatic heterocycles. The third-order valence-corrected chi connectivity index (χ3v) is 2.04. The van der Waals surface area contributed by atoms with E-state index in [1.807, 2.05) is 12.1 Å². The van der Waals surface area contributed by atoms with Crippen molar-refractivity contribution in [2.45, 2.75) is 19.8 Å². The maximum atomic E-state index is 3.37. The van der Waals surface area contributed by atoms with Crippen LogP contribution < -0.4 is 0 Å². The average molecular weight is 158 g/mol. The molecule has 0 spiro atoms. The molecule has 1 aromatic heterocycles. The molecule has 1 heterocycles. The second kappa shape index (κ2) is 3.02. The summed E-state index contributed by atoms with van der Waals surface area (Å²) in [4.78, 5) is 3.37. The van der Waals surface area contributed by atoms with Crippen LogP contribution in [0.25, 0.3) is 10.9 Å². The number of nitrogens with one attached hydrogen (secondary N) is 1. The Hall–Kier alpha value is -1.24. The lowest BCUT2D eigenvalue weighted by Gasteiger charge is -1.88. The van der Waals surface area contributed by atoms with Gasteiger partial charge in [-0.25, -0.2) is 0 Å². The number of benzene rings is 1. The fraction of sp³-hybridized carbons (Fsp3) is 0.273. The second-order valence-corrected chi connectivity index (χ2v) is 3.06. The number of rotatable bonds is 2. The molecule has 1 heteroatoms. The molecule has 0 amide bonds. The molecule has 0 saturated heterocycles. The zero-order valence-electron chi connectivity index (χ0n) is 7.22. The van der Waals surface area contributed by atoms with Gasteiger partial charge in [-0.1, -0.05) is 25.5 Å². The Kier molecular flexibility index (Phi) is 1.86. The summed E-state index contributed by atoms with van der Waals surface area (Å²) in [7, 11) is 0. The van der Waals surface area contributed by atoms with E-state index in [2.05, 4.69) is 30.1 Å². The molecule has 0 bridgehead atoms.